The van der Waals surface area contributed by atoms with Gasteiger partial charge in [-0.3, -0.25) is 9.59 Å². The molecule has 0 radical (unpaired) electrons. The maximum absolute atomic E-state index is 13.0. The minimum atomic E-state index is -0.979. The predicted octanol–water partition coefficient (Wildman–Crippen LogP) is 2.36. The number of ketones is 1. The van der Waals surface area contributed by atoms with Crippen LogP contribution in [0.25, 0.3) is 0 Å². The number of rotatable bonds is 4. The van der Waals surface area contributed by atoms with Crippen LogP contribution in [-0.2, 0) is 23.8 Å². The minimum Gasteiger partial charge on any atom is -0.458 e. The van der Waals surface area contributed by atoms with Crippen molar-refractivity contribution in [1.82, 2.24) is 0 Å². The van der Waals surface area contributed by atoms with E-state index < -0.39 is 35.0 Å². The van der Waals surface area contributed by atoms with Crippen molar-refractivity contribution in [3.8, 4) is 0 Å². The summed E-state index contributed by atoms with van der Waals surface area (Å²) in [5.74, 6) is -0.179. The molecule has 1 spiro atoms. The highest BCUT2D eigenvalue weighted by molar-refractivity contribution is 5.85. The van der Waals surface area contributed by atoms with Crippen LogP contribution in [-0.4, -0.2) is 59.3 Å². The quantitative estimate of drug-likeness (QED) is 0.652. The molecule has 5 aliphatic rings. The first-order chi connectivity index (χ1) is 14.6. The number of aliphatic hydroxyl groups excluding tert-OH is 1. The number of aliphatic hydroxyl groups is 2. The largest absolute Gasteiger partial charge is 0.458 e. The number of methoxy groups -OCH3 is 1. The molecule has 174 valence electrons. The highest BCUT2D eigenvalue weighted by Gasteiger charge is 2.79. The van der Waals surface area contributed by atoms with Crippen LogP contribution in [0.3, 0.4) is 0 Å². The van der Waals surface area contributed by atoms with Gasteiger partial charge in [-0.2, -0.15) is 0 Å². The average Bonchev–Trinajstić information content (AvgIpc) is 3.18. The molecule has 5 rings (SSSR count). The van der Waals surface area contributed by atoms with E-state index in [1.165, 1.54) is 6.92 Å². The minimum absolute atomic E-state index is 0.0131. The molecule has 0 aromatic heterocycles. The topological polar surface area (TPSA) is 102 Å². The van der Waals surface area contributed by atoms with Gasteiger partial charge < -0.3 is 24.4 Å². The number of hydrogen-bond donors (Lipinski definition) is 2. The van der Waals surface area contributed by atoms with Crippen LogP contribution in [0, 0.1) is 28.6 Å². The van der Waals surface area contributed by atoms with Crippen LogP contribution in [0.2, 0.25) is 0 Å². The molecule has 0 aromatic carbocycles. The van der Waals surface area contributed by atoms with E-state index in [4.69, 9.17) is 14.2 Å². The summed E-state index contributed by atoms with van der Waals surface area (Å²) in [6.07, 6.45) is 5.55. The Morgan fingerprint density at radius 1 is 1.06 bits per heavy atom. The van der Waals surface area contributed by atoms with Crippen molar-refractivity contribution in [2.75, 3.05) is 13.7 Å². The molecule has 7 nitrogen and oxygen atoms in total. The van der Waals surface area contributed by atoms with Gasteiger partial charge in [0.1, 0.15) is 6.61 Å². The molecular formula is C24H36O7. The van der Waals surface area contributed by atoms with E-state index >= 15 is 0 Å². The van der Waals surface area contributed by atoms with Gasteiger partial charge in [0.25, 0.3) is 0 Å². The molecule has 4 saturated carbocycles. The third-order valence-corrected chi connectivity index (χ3v) is 10.1. The lowest BCUT2D eigenvalue weighted by atomic mass is 9.42. The number of carbonyl (C=O) groups is 2. The number of carbonyl (C=O) groups excluding carboxylic acids is 2. The first kappa shape index (κ1) is 21.8. The van der Waals surface area contributed by atoms with Crippen LogP contribution in [0.4, 0.5) is 0 Å². The summed E-state index contributed by atoms with van der Waals surface area (Å²) in [6, 6.07) is 0. The van der Waals surface area contributed by atoms with Crippen molar-refractivity contribution in [3.05, 3.63) is 0 Å². The number of esters is 1. The fraction of sp³-hybridized carbons (Fsp3) is 0.917. The van der Waals surface area contributed by atoms with Gasteiger partial charge in [0, 0.05) is 32.3 Å². The van der Waals surface area contributed by atoms with Gasteiger partial charge in [-0.15, -0.1) is 0 Å². The van der Waals surface area contributed by atoms with Crippen molar-refractivity contribution in [1.29, 1.82) is 0 Å². The van der Waals surface area contributed by atoms with E-state index in [1.807, 2.05) is 0 Å². The first-order valence-corrected chi connectivity index (χ1v) is 11.9. The maximum atomic E-state index is 13.0. The van der Waals surface area contributed by atoms with E-state index in [1.54, 1.807) is 7.11 Å². The van der Waals surface area contributed by atoms with Crippen molar-refractivity contribution >= 4 is 11.8 Å². The number of ether oxygens (including phenoxy) is 3. The third-order valence-electron chi connectivity index (χ3n) is 10.1. The van der Waals surface area contributed by atoms with Gasteiger partial charge in [0.15, 0.2) is 12.1 Å². The molecule has 5 fully saturated rings. The van der Waals surface area contributed by atoms with E-state index in [9.17, 15) is 19.8 Å². The van der Waals surface area contributed by atoms with E-state index in [2.05, 4.69) is 6.92 Å². The van der Waals surface area contributed by atoms with E-state index in [0.29, 0.717) is 25.7 Å². The summed E-state index contributed by atoms with van der Waals surface area (Å²) >= 11 is 0. The Balaban J connectivity index is 1.50. The molecule has 9 atom stereocenters. The maximum Gasteiger partial charge on any atom is 0.303 e. The SMILES string of the molecule is CO[C@@H]1O[C@]23CC[C@@]4(O)C[C@@H](O)CC[C@]14[C@@H]2CC[C@]1(C)[C@H](C(=O)COC(C)=O)CC[C@@H]13. The summed E-state index contributed by atoms with van der Waals surface area (Å²) in [5.41, 5.74) is -2.09. The molecule has 1 heterocycles. The predicted molar refractivity (Wildman–Crippen MR) is 110 cm³/mol. The van der Waals surface area contributed by atoms with Crippen LogP contribution >= 0.6 is 0 Å². The number of Topliss-reactive ketones (excluding diaryl/α,β-unsaturated/α-hetero) is 1. The van der Waals surface area contributed by atoms with Crippen LogP contribution < -0.4 is 0 Å². The molecular weight excluding hydrogens is 400 g/mol. The Labute approximate surface area is 183 Å². The Morgan fingerprint density at radius 2 is 1.84 bits per heavy atom. The lowest BCUT2D eigenvalue weighted by Gasteiger charge is -2.63. The second-order valence-corrected chi connectivity index (χ2v) is 11.1. The Bertz CT molecular complexity index is 784. The summed E-state index contributed by atoms with van der Waals surface area (Å²) in [4.78, 5) is 24.2. The summed E-state index contributed by atoms with van der Waals surface area (Å²) < 4.78 is 17.8. The first-order valence-electron chi connectivity index (χ1n) is 11.9. The second kappa shape index (κ2) is 6.99. The number of fused-ring (bicyclic) bond motifs is 1. The highest BCUT2D eigenvalue weighted by atomic mass is 16.7. The Kier molecular flexibility index (Phi) is 4.92. The fourth-order valence-electron chi connectivity index (χ4n) is 9.02. The molecule has 2 N–H and O–H groups in total. The van der Waals surface area contributed by atoms with Gasteiger partial charge >= 0.3 is 5.97 Å². The van der Waals surface area contributed by atoms with Crippen molar-refractivity contribution < 1.29 is 34.0 Å². The molecule has 2 bridgehead atoms. The van der Waals surface area contributed by atoms with E-state index in [-0.39, 0.29) is 35.6 Å². The van der Waals surface area contributed by atoms with Crippen molar-refractivity contribution in [2.45, 2.75) is 95.2 Å². The summed E-state index contributed by atoms with van der Waals surface area (Å²) in [5, 5.41) is 22.2. The highest BCUT2D eigenvalue weighted by Crippen LogP contribution is 2.75. The fourth-order valence-corrected chi connectivity index (χ4v) is 9.02. The van der Waals surface area contributed by atoms with E-state index in [0.717, 1.165) is 32.1 Å². The summed E-state index contributed by atoms with van der Waals surface area (Å²) in [7, 11) is 1.66. The average molecular weight is 437 g/mol. The molecule has 1 aliphatic heterocycles. The Hall–Kier alpha value is -1.02. The molecule has 1 saturated heterocycles. The standard InChI is InChI=1S/C24H36O7/c1-14(25)30-13-17(27)16-4-5-18-21(16,2)8-7-19-23-9-6-15(26)12-22(23,28)10-11-24(18,19)31-20(23)29-3/h15-16,18-20,26,28H,4-13H2,1-3H3/t15-,16-,18-,19-,20+,21+,22+,23-,24-/m0/s1. The van der Waals surface area contributed by atoms with Crippen LogP contribution in [0.15, 0.2) is 0 Å². The molecule has 0 unspecified atom stereocenters. The zero-order valence-corrected chi connectivity index (χ0v) is 18.9. The second-order valence-electron chi connectivity index (χ2n) is 11.1. The zero-order chi connectivity index (χ0) is 22.2. The third kappa shape index (κ3) is 2.66. The molecule has 0 aromatic rings. The van der Waals surface area contributed by atoms with Crippen molar-refractivity contribution in [3.63, 3.8) is 0 Å². The smallest absolute Gasteiger partial charge is 0.303 e. The van der Waals surface area contributed by atoms with Gasteiger partial charge in [-0.1, -0.05) is 6.92 Å². The lowest BCUT2D eigenvalue weighted by Crippen LogP contribution is -2.67. The monoisotopic (exact) mass is 436 g/mol. The molecule has 4 aliphatic carbocycles. The van der Waals surface area contributed by atoms with Crippen LogP contribution in [0.1, 0.15) is 71.6 Å². The van der Waals surface area contributed by atoms with Crippen LogP contribution in [0.5, 0.6) is 0 Å². The molecule has 7 heteroatoms. The van der Waals surface area contributed by atoms with Gasteiger partial charge in [0.2, 0.25) is 0 Å². The lowest BCUT2D eigenvalue weighted by molar-refractivity contribution is -0.239. The molecule has 31 heavy (non-hydrogen) atoms. The Morgan fingerprint density at radius 3 is 2.55 bits per heavy atom. The van der Waals surface area contributed by atoms with Gasteiger partial charge in [0.05, 0.1) is 22.7 Å². The normalized spacial score (nSPS) is 52.7. The van der Waals surface area contributed by atoms with Gasteiger partial charge in [-0.25, -0.2) is 0 Å². The number of hydrogen-bond acceptors (Lipinski definition) is 7. The van der Waals surface area contributed by atoms with Crippen molar-refractivity contribution in [2.24, 2.45) is 28.6 Å². The molecule has 0 amide bonds. The zero-order valence-electron chi connectivity index (χ0n) is 18.9. The summed E-state index contributed by atoms with van der Waals surface area (Å²) in [6.45, 7) is 3.40. The van der Waals surface area contributed by atoms with Gasteiger partial charge in [-0.05, 0) is 62.7 Å².